The van der Waals surface area contributed by atoms with Gasteiger partial charge in [-0.3, -0.25) is 14.9 Å². The smallest absolute Gasteiger partial charge is 0.257 e. The average Bonchev–Trinajstić information content (AvgIpc) is 3.12. The molecule has 0 spiro atoms. The first-order valence-electron chi connectivity index (χ1n) is 12.5. The summed E-state index contributed by atoms with van der Waals surface area (Å²) >= 11 is 3.42. The Bertz CT molecular complexity index is 1020. The number of likely N-dealkylation sites (N-methyl/N-ethyl adjacent to an activating group) is 1. The van der Waals surface area contributed by atoms with E-state index in [2.05, 4.69) is 46.1 Å². The van der Waals surface area contributed by atoms with E-state index in [-0.39, 0.29) is 23.3 Å². The molecule has 1 atom stereocenters. The molecule has 34 heavy (non-hydrogen) atoms. The number of hydrogen-bond acceptors (Lipinski definition) is 4. The minimum Gasteiger partial charge on any atom is -0.331 e. The van der Waals surface area contributed by atoms with Crippen molar-refractivity contribution >= 4 is 33.7 Å². The van der Waals surface area contributed by atoms with Gasteiger partial charge in [0.1, 0.15) is 0 Å². The predicted molar refractivity (Wildman–Crippen MR) is 139 cm³/mol. The minimum atomic E-state index is -0.338. The molecule has 1 unspecified atom stereocenters. The van der Waals surface area contributed by atoms with E-state index in [1.807, 2.05) is 30.2 Å². The molecule has 1 saturated carbocycles. The maximum atomic E-state index is 13.1. The lowest BCUT2D eigenvalue weighted by molar-refractivity contribution is -0.133. The van der Waals surface area contributed by atoms with Crippen LogP contribution in [0.1, 0.15) is 75.6 Å². The number of fused-ring (bicyclic) bond motifs is 1. The summed E-state index contributed by atoms with van der Waals surface area (Å²) in [5, 5.41) is 3.05. The Labute approximate surface area is 211 Å². The number of allylic oxidation sites excluding steroid dienone is 1. The summed E-state index contributed by atoms with van der Waals surface area (Å²) in [5.41, 5.74) is 2.06. The average molecular weight is 528 g/mol. The van der Waals surface area contributed by atoms with Gasteiger partial charge in [-0.1, -0.05) is 54.6 Å². The number of nitrogens with one attached hydrogen (secondary N) is 1. The standard InChI is InChI=1S/C27H35BrN4O2/c1-4-5-17-32-26(30-24(33)19-11-13-21(28)14-12-19)29-23-18-22(15-16-27(23,32)2)31(3)25(34)20-9-7-6-8-10-20/h11-15,18,20H,4-10,16-17H2,1-3H3,(H,29,30,33). The number of rotatable bonds is 6. The highest BCUT2D eigenvalue weighted by atomic mass is 79.9. The second-order valence-corrected chi connectivity index (χ2v) is 10.7. The lowest BCUT2D eigenvalue weighted by Gasteiger charge is -2.39. The van der Waals surface area contributed by atoms with Crippen LogP contribution in [0.2, 0.25) is 0 Å². The molecular weight excluding hydrogens is 492 g/mol. The van der Waals surface area contributed by atoms with E-state index in [1.165, 1.54) is 6.42 Å². The molecule has 0 bridgehead atoms. The van der Waals surface area contributed by atoms with Gasteiger partial charge in [-0.05, 0) is 62.9 Å². The van der Waals surface area contributed by atoms with Crippen molar-refractivity contribution in [3.8, 4) is 0 Å². The van der Waals surface area contributed by atoms with E-state index in [0.29, 0.717) is 11.5 Å². The van der Waals surface area contributed by atoms with Gasteiger partial charge in [-0.2, -0.15) is 0 Å². The third kappa shape index (κ3) is 4.99. The molecule has 0 saturated heterocycles. The molecule has 1 aromatic rings. The molecule has 1 N–H and O–H groups in total. The Kier molecular flexibility index (Phi) is 7.60. The van der Waals surface area contributed by atoms with Crippen LogP contribution in [0.4, 0.5) is 0 Å². The number of carbonyl (C=O) groups is 2. The molecule has 2 aliphatic carbocycles. The van der Waals surface area contributed by atoms with E-state index in [9.17, 15) is 9.59 Å². The number of unbranched alkanes of at least 4 members (excludes halogenated alkanes) is 1. The highest BCUT2D eigenvalue weighted by molar-refractivity contribution is 9.10. The molecule has 0 radical (unpaired) electrons. The van der Waals surface area contributed by atoms with Gasteiger partial charge in [0.2, 0.25) is 11.9 Å². The van der Waals surface area contributed by atoms with Crippen molar-refractivity contribution in [3.05, 3.63) is 57.8 Å². The number of hydrogen-bond donors (Lipinski definition) is 1. The van der Waals surface area contributed by atoms with Crippen LogP contribution in [0.15, 0.2) is 57.3 Å². The topological polar surface area (TPSA) is 65.0 Å². The van der Waals surface area contributed by atoms with Gasteiger partial charge in [-0.15, -0.1) is 0 Å². The zero-order chi connectivity index (χ0) is 24.3. The highest BCUT2D eigenvalue weighted by Gasteiger charge is 2.44. The maximum absolute atomic E-state index is 13.1. The van der Waals surface area contributed by atoms with Crippen molar-refractivity contribution in [2.45, 2.75) is 70.8 Å². The quantitative estimate of drug-likeness (QED) is 0.523. The first kappa shape index (κ1) is 24.7. The molecule has 1 heterocycles. The second-order valence-electron chi connectivity index (χ2n) is 9.77. The Balaban J connectivity index is 1.56. The van der Waals surface area contributed by atoms with Gasteiger partial charge in [0.15, 0.2) is 0 Å². The molecule has 6 nitrogen and oxygen atoms in total. The van der Waals surface area contributed by atoms with E-state index >= 15 is 0 Å². The fourth-order valence-electron chi connectivity index (χ4n) is 5.10. The third-order valence-electron chi connectivity index (χ3n) is 7.36. The number of guanidine groups is 1. The van der Waals surface area contributed by atoms with Gasteiger partial charge < -0.3 is 9.80 Å². The highest BCUT2D eigenvalue weighted by Crippen LogP contribution is 2.40. The number of amides is 2. The van der Waals surface area contributed by atoms with Crippen LogP contribution in [0.25, 0.3) is 0 Å². The van der Waals surface area contributed by atoms with Gasteiger partial charge >= 0.3 is 0 Å². The van der Waals surface area contributed by atoms with Crippen LogP contribution < -0.4 is 5.32 Å². The van der Waals surface area contributed by atoms with E-state index in [1.54, 1.807) is 12.1 Å². The Morgan fingerprint density at radius 1 is 1.21 bits per heavy atom. The van der Waals surface area contributed by atoms with Crippen LogP contribution in [-0.4, -0.2) is 46.7 Å². The first-order chi connectivity index (χ1) is 16.3. The molecule has 4 rings (SSSR count). The van der Waals surface area contributed by atoms with Gasteiger partial charge in [0, 0.05) is 35.2 Å². The van der Waals surface area contributed by atoms with Crippen LogP contribution in [0, 0.1) is 5.92 Å². The monoisotopic (exact) mass is 526 g/mol. The normalized spacial score (nSPS) is 22.5. The molecule has 1 aromatic carbocycles. The van der Waals surface area contributed by atoms with Gasteiger partial charge in [0.05, 0.1) is 11.2 Å². The van der Waals surface area contributed by atoms with Crippen LogP contribution in [0.5, 0.6) is 0 Å². The fraction of sp³-hybridized carbons (Fsp3) is 0.519. The number of benzene rings is 1. The van der Waals surface area contributed by atoms with Crippen LogP contribution in [0.3, 0.4) is 0 Å². The van der Waals surface area contributed by atoms with Crippen molar-refractivity contribution in [1.82, 2.24) is 15.1 Å². The summed E-state index contributed by atoms with van der Waals surface area (Å²) in [5.74, 6) is 0.750. The maximum Gasteiger partial charge on any atom is 0.257 e. The van der Waals surface area contributed by atoms with Gasteiger partial charge in [-0.25, -0.2) is 4.99 Å². The van der Waals surface area contributed by atoms with Crippen molar-refractivity contribution in [2.24, 2.45) is 10.9 Å². The van der Waals surface area contributed by atoms with Crippen LogP contribution >= 0.6 is 15.9 Å². The molecule has 2 amide bonds. The Morgan fingerprint density at radius 2 is 1.91 bits per heavy atom. The van der Waals surface area contributed by atoms with E-state index in [0.717, 1.165) is 67.4 Å². The van der Waals surface area contributed by atoms with Gasteiger partial charge in [0.25, 0.3) is 5.91 Å². The lowest BCUT2D eigenvalue weighted by atomic mass is 9.86. The van der Waals surface area contributed by atoms with Crippen molar-refractivity contribution in [1.29, 1.82) is 0 Å². The number of halogens is 1. The van der Waals surface area contributed by atoms with Crippen molar-refractivity contribution in [3.63, 3.8) is 0 Å². The number of aliphatic imine (C=N–C) groups is 1. The van der Waals surface area contributed by atoms with Crippen molar-refractivity contribution < 1.29 is 9.59 Å². The zero-order valence-corrected chi connectivity index (χ0v) is 22.0. The van der Waals surface area contributed by atoms with Crippen LogP contribution in [-0.2, 0) is 4.79 Å². The van der Waals surface area contributed by atoms with E-state index in [4.69, 9.17) is 4.99 Å². The molecule has 1 fully saturated rings. The third-order valence-corrected chi connectivity index (χ3v) is 7.89. The van der Waals surface area contributed by atoms with E-state index < -0.39 is 0 Å². The largest absolute Gasteiger partial charge is 0.331 e. The summed E-state index contributed by atoms with van der Waals surface area (Å²) in [6.45, 7) is 5.15. The lowest BCUT2D eigenvalue weighted by Crippen LogP contribution is -2.52. The molecule has 3 aliphatic rings. The summed E-state index contributed by atoms with van der Waals surface area (Å²) in [6, 6.07) is 7.31. The zero-order valence-electron chi connectivity index (χ0n) is 20.4. The van der Waals surface area contributed by atoms with Crippen molar-refractivity contribution in [2.75, 3.05) is 13.6 Å². The summed E-state index contributed by atoms with van der Waals surface area (Å²) in [4.78, 5) is 35.0. The number of nitrogens with zero attached hydrogens (tertiary/aromatic N) is 3. The second kappa shape index (κ2) is 10.5. The summed E-state index contributed by atoms with van der Waals surface area (Å²) < 4.78 is 0.931. The summed E-state index contributed by atoms with van der Waals surface area (Å²) in [6.07, 6.45) is 12.5. The minimum absolute atomic E-state index is 0.125. The molecule has 0 aromatic heterocycles. The molecule has 7 heteroatoms. The molecular formula is C27H35BrN4O2. The first-order valence-corrected chi connectivity index (χ1v) is 13.3. The predicted octanol–water partition coefficient (Wildman–Crippen LogP) is 5.62. The SMILES string of the molecule is CCCCN1C(NC(=O)c2ccc(Br)cc2)=NC2=CC(N(C)C(=O)C3CCCCC3)=CCC21C. The Hall–Kier alpha value is -2.41. The number of carbonyl (C=O) groups excluding carboxylic acids is 2. The fourth-order valence-corrected chi connectivity index (χ4v) is 5.36. The Morgan fingerprint density at radius 3 is 2.59 bits per heavy atom. The molecule has 182 valence electrons. The molecule has 1 aliphatic heterocycles. The summed E-state index contributed by atoms with van der Waals surface area (Å²) in [7, 11) is 1.88.